The lowest BCUT2D eigenvalue weighted by atomic mass is 10.2. The minimum Gasteiger partial charge on any atom is -0.497 e. The standard InChI is InChI=1S/C14H12Br2O3/c1-18-10-3-5-14(12(16)7-10)19-13-4-2-9(8-17)6-11(13)15/h2-7,17H,8H2,1H3. The molecule has 100 valence electrons. The van der Waals surface area contributed by atoms with Gasteiger partial charge in [-0.15, -0.1) is 0 Å². The summed E-state index contributed by atoms with van der Waals surface area (Å²) in [5, 5.41) is 9.06. The van der Waals surface area contributed by atoms with Gasteiger partial charge in [0.15, 0.2) is 0 Å². The van der Waals surface area contributed by atoms with Gasteiger partial charge in [0.05, 0.1) is 22.7 Å². The van der Waals surface area contributed by atoms with Crippen molar-refractivity contribution < 1.29 is 14.6 Å². The van der Waals surface area contributed by atoms with Gasteiger partial charge in [0.1, 0.15) is 17.2 Å². The Morgan fingerprint density at radius 2 is 1.63 bits per heavy atom. The summed E-state index contributed by atoms with van der Waals surface area (Å²) in [6, 6.07) is 11.0. The third-order valence-corrected chi connectivity index (χ3v) is 3.78. The van der Waals surface area contributed by atoms with Gasteiger partial charge in [-0.3, -0.25) is 0 Å². The normalized spacial score (nSPS) is 10.3. The van der Waals surface area contributed by atoms with Gasteiger partial charge in [-0.25, -0.2) is 0 Å². The lowest BCUT2D eigenvalue weighted by molar-refractivity contribution is 0.281. The van der Waals surface area contributed by atoms with Crippen molar-refractivity contribution in [3.8, 4) is 17.2 Å². The van der Waals surface area contributed by atoms with Crippen LogP contribution in [0.5, 0.6) is 17.2 Å². The van der Waals surface area contributed by atoms with E-state index in [0.717, 1.165) is 20.3 Å². The molecule has 0 saturated heterocycles. The fourth-order valence-corrected chi connectivity index (χ4v) is 2.48. The van der Waals surface area contributed by atoms with Gasteiger partial charge in [0.2, 0.25) is 0 Å². The maximum Gasteiger partial charge on any atom is 0.141 e. The molecule has 0 radical (unpaired) electrons. The van der Waals surface area contributed by atoms with Gasteiger partial charge >= 0.3 is 0 Å². The summed E-state index contributed by atoms with van der Waals surface area (Å²) in [6.07, 6.45) is 0. The van der Waals surface area contributed by atoms with E-state index in [2.05, 4.69) is 31.9 Å². The Kier molecular flexibility index (Phi) is 4.85. The van der Waals surface area contributed by atoms with E-state index in [1.807, 2.05) is 36.4 Å². The molecule has 2 aromatic rings. The molecule has 2 aromatic carbocycles. The maximum atomic E-state index is 9.06. The second-order valence-electron chi connectivity index (χ2n) is 3.82. The third kappa shape index (κ3) is 3.49. The predicted molar refractivity (Wildman–Crippen MR) is 80.8 cm³/mol. The number of methoxy groups -OCH3 is 1. The van der Waals surface area contributed by atoms with Crippen LogP contribution < -0.4 is 9.47 Å². The third-order valence-electron chi connectivity index (χ3n) is 2.54. The second-order valence-corrected chi connectivity index (χ2v) is 5.53. The van der Waals surface area contributed by atoms with E-state index in [4.69, 9.17) is 14.6 Å². The zero-order valence-electron chi connectivity index (χ0n) is 10.2. The first kappa shape index (κ1) is 14.4. The van der Waals surface area contributed by atoms with Gasteiger partial charge in [0.25, 0.3) is 0 Å². The lowest BCUT2D eigenvalue weighted by Gasteiger charge is -2.11. The van der Waals surface area contributed by atoms with Crippen LogP contribution in [-0.4, -0.2) is 12.2 Å². The topological polar surface area (TPSA) is 38.7 Å². The van der Waals surface area contributed by atoms with Crippen LogP contribution in [0.1, 0.15) is 5.56 Å². The Bertz CT molecular complexity index is 533. The highest BCUT2D eigenvalue weighted by molar-refractivity contribution is 9.11. The van der Waals surface area contributed by atoms with Crippen molar-refractivity contribution in [3.63, 3.8) is 0 Å². The Morgan fingerprint density at radius 3 is 2.16 bits per heavy atom. The number of rotatable bonds is 4. The summed E-state index contributed by atoms with van der Waals surface area (Å²) in [5.41, 5.74) is 0.827. The lowest BCUT2D eigenvalue weighted by Crippen LogP contribution is -1.90. The number of halogens is 2. The van der Waals surface area contributed by atoms with Gasteiger partial charge < -0.3 is 14.6 Å². The van der Waals surface area contributed by atoms with Crippen LogP contribution in [0.15, 0.2) is 45.3 Å². The second kappa shape index (κ2) is 6.41. The molecule has 0 atom stereocenters. The minimum absolute atomic E-state index is 0.00507. The quantitative estimate of drug-likeness (QED) is 0.838. The van der Waals surface area contributed by atoms with E-state index in [-0.39, 0.29) is 6.61 Å². The molecular formula is C14H12Br2O3. The van der Waals surface area contributed by atoms with Gasteiger partial charge in [-0.2, -0.15) is 0 Å². The molecule has 19 heavy (non-hydrogen) atoms. The van der Waals surface area contributed by atoms with Crippen LogP contribution in [0, 0.1) is 0 Å². The molecule has 0 heterocycles. The molecule has 0 spiro atoms. The summed E-state index contributed by atoms with van der Waals surface area (Å²) in [7, 11) is 1.62. The van der Waals surface area contributed by atoms with Gasteiger partial charge in [-0.1, -0.05) is 6.07 Å². The maximum absolute atomic E-state index is 9.06. The molecular weight excluding hydrogens is 376 g/mol. The summed E-state index contributed by atoms with van der Waals surface area (Å²) >= 11 is 6.86. The van der Waals surface area contributed by atoms with Gasteiger partial charge in [-0.05, 0) is 67.8 Å². The van der Waals surface area contributed by atoms with E-state index >= 15 is 0 Å². The zero-order valence-corrected chi connectivity index (χ0v) is 13.4. The van der Waals surface area contributed by atoms with E-state index in [0.29, 0.717) is 11.5 Å². The Labute approximate surface area is 128 Å². The number of aliphatic hydroxyl groups is 1. The number of aliphatic hydroxyl groups excluding tert-OH is 1. The molecule has 0 saturated carbocycles. The molecule has 0 aromatic heterocycles. The number of hydrogen-bond donors (Lipinski definition) is 1. The number of hydrogen-bond acceptors (Lipinski definition) is 3. The van der Waals surface area contributed by atoms with Crippen LogP contribution >= 0.6 is 31.9 Å². The van der Waals surface area contributed by atoms with E-state index < -0.39 is 0 Å². The summed E-state index contributed by atoms with van der Waals surface area (Å²) < 4.78 is 12.5. The fourth-order valence-electron chi connectivity index (χ4n) is 1.54. The molecule has 0 bridgehead atoms. The molecule has 0 amide bonds. The minimum atomic E-state index is 0.00507. The van der Waals surface area contributed by atoms with Crippen molar-refractivity contribution in [2.24, 2.45) is 0 Å². The van der Waals surface area contributed by atoms with Crippen LogP contribution in [-0.2, 0) is 6.61 Å². The van der Waals surface area contributed by atoms with Gasteiger partial charge in [0, 0.05) is 0 Å². The van der Waals surface area contributed by atoms with E-state index in [1.54, 1.807) is 7.11 Å². The molecule has 0 fully saturated rings. The molecule has 2 rings (SSSR count). The first-order valence-corrected chi connectivity index (χ1v) is 7.13. The van der Waals surface area contributed by atoms with Crippen molar-refractivity contribution in [1.29, 1.82) is 0 Å². The van der Waals surface area contributed by atoms with Crippen LogP contribution in [0.3, 0.4) is 0 Å². The number of ether oxygens (including phenoxy) is 2. The fraction of sp³-hybridized carbons (Fsp3) is 0.143. The molecule has 0 unspecified atom stereocenters. The van der Waals surface area contributed by atoms with Crippen molar-refractivity contribution >= 4 is 31.9 Å². The number of benzene rings is 2. The monoisotopic (exact) mass is 386 g/mol. The average Bonchev–Trinajstić information content (AvgIpc) is 2.42. The molecule has 5 heteroatoms. The summed E-state index contributed by atoms with van der Waals surface area (Å²) in [5.74, 6) is 2.13. The first-order valence-electron chi connectivity index (χ1n) is 5.54. The van der Waals surface area contributed by atoms with Crippen LogP contribution in [0.4, 0.5) is 0 Å². The molecule has 0 aliphatic heterocycles. The molecule has 0 aliphatic rings. The van der Waals surface area contributed by atoms with Crippen molar-refractivity contribution in [2.45, 2.75) is 6.61 Å². The summed E-state index contributed by atoms with van der Waals surface area (Å²) in [6.45, 7) is 0.00507. The van der Waals surface area contributed by atoms with Crippen LogP contribution in [0.2, 0.25) is 0 Å². The summed E-state index contributed by atoms with van der Waals surface area (Å²) in [4.78, 5) is 0. The highest BCUT2D eigenvalue weighted by Gasteiger charge is 2.08. The van der Waals surface area contributed by atoms with E-state index in [9.17, 15) is 0 Å². The Balaban J connectivity index is 2.26. The first-order chi connectivity index (χ1) is 9.13. The van der Waals surface area contributed by atoms with Crippen molar-refractivity contribution in [2.75, 3.05) is 7.11 Å². The van der Waals surface area contributed by atoms with E-state index in [1.165, 1.54) is 0 Å². The molecule has 0 aliphatic carbocycles. The van der Waals surface area contributed by atoms with Crippen LogP contribution in [0.25, 0.3) is 0 Å². The predicted octanol–water partition coefficient (Wildman–Crippen LogP) is 4.50. The smallest absolute Gasteiger partial charge is 0.141 e. The highest BCUT2D eigenvalue weighted by Crippen LogP contribution is 2.36. The Morgan fingerprint density at radius 1 is 1.00 bits per heavy atom. The largest absolute Gasteiger partial charge is 0.497 e. The SMILES string of the molecule is COc1ccc(Oc2ccc(CO)cc2Br)c(Br)c1. The zero-order chi connectivity index (χ0) is 13.8. The Hall–Kier alpha value is -1.04. The van der Waals surface area contributed by atoms with Crippen molar-refractivity contribution in [3.05, 3.63) is 50.9 Å². The highest BCUT2D eigenvalue weighted by atomic mass is 79.9. The molecule has 1 N–H and O–H groups in total. The van der Waals surface area contributed by atoms with Crippen molar-refractivity contribution in [1.82, 2.24) is 0 Å². The molecule has 3 nitrogen and oxygen atoms in total. The average molecular weight is 388 g/mol.